The Hall–Kier alpha value is -2.05. The van der Waals surface area contributed by atoms with Gasteiger partial charge in [-0.2, -0.15) is 0 Å². The van der Waals surface area contributed by atoms with Crippen molar-refractivity contribution in [3.05, 3.63) is 70.2 Å². The molecule has 2 aromatic carbocycles. The maximum atomic E-state index is 11.3. The maximum absolute atomic E-state index is 11.3. The molecule has 1 unspecified atom stereocenters. The Kier molecular flexibility index (Phi) is 5.59. The number of carboxylic acid groups (broad SMARTS) is 1. The summed E-state index contributed by atoms with van der Waals surface area (Å²) in [4.78, 5) is 11.3. The Labute approximate surface area is 133 Å². The molecule has 2 aromatic rings. The molecule has 2 rings (SSSR count). The zero-order valence-electron chi connectivity index (χ0n) is 11.4. The van der Waals surface area contributed by atoms with Crippen molar-refractivity contribution >= 4 is 21.9 Å². The molecule has 21 heavy (non-hydrogen) atoms. The van der Waals surface area contributed by atoms with Gasteiger partial charge in [-0.05, 0) is 36.2 Å². The van der Waals surface area contributed by atoms with E-state index >= 15 is 0 Å². The van der Waals surface area contributed by atoms with Crippen molar-refractivity contribution in [3.63, 3.8) is 0 Å². The zero-order valence-corrected chi connectivity index (χ0v) is 13.0. The summed E-state index contributed by atoms with van der Waals surface area (Å²) in [5.74, 6) is 4.69. The highest BCUT2D eigenvalue weighted by Crippen LogP contribution is 2.16. The molecule has 0 aliphatic carbocycles. The average molecular weight is 343 g/mol. The third-order valence-corrected chi connectivity index (χ3v) is 3.63. The molecule has 0 saturated carbocycles. The zero-order chi connectivity index (χ0) is 15.1. The molecule has 106 valence electrons. The Balaban J connectivity index is 2.01. The summed E-state index contributed by atoms with van der Waals surface area (Å²) in [6.45, 7) is 0. The average Bonchev–Trinajstić information content (AvgIpc) is 2.49. The first-order valence-electron chi connectivity index (χ1n) is 6.66. The summed E-state index contributed by atoms with van der Waals surface area (Å²) < 4.78 is 0.988. The number of hydrogen-bond acceptors (Lipinski definition) is 1. The number of carbonyl (C=O) groups is 1. The molecule has 1 N–H and O–H groups in total. The van der Waals surface area contributed by atoms with Crippen molar-refractivity contribution in [2.45, 2.75) is 12.8 Å². The van der Waals surface area contributed by atoms with Gasteiger partial charge >= 0.3 is 5.97 Å². The molecule has 0 heterocycles. The summed E-state index contributed by atoms with van der Waals surface area (Å²) >= 11 is 3.37. The van der Waals surface area contributed by atoms with Crippen molar-refractivity contribution in [2.24, 2.45) is 5.92 Å². The first kappa shape index (κ1) is 15.3. The predicted molar refractivity (Wildman–Crippen MR) is 86.9 cm³/mol. The molecule has 3 heteroatoms. The summed E-state index contributed by atoms with van der Waals surface area (Å²) in [5, 5.41) is 9.31. The lowest BCUT2D eigenvalue weighted by Gasteiger charge is -2.09. The van der Waals surface area contributed by atoms with E-state index in [2.05, 4.69) is 27.8 Å². The fraction of sp³-hybridized carbons (Fsp3) is 0.167. The number of hydrogen-bond donors (Lipinski definition) is 1. The molecule has 0 bridgehead atoms. The van der Waals surface area contributed by atoms with Gasteiger partial charge in [0.2, 0.25) is 0 Å². The molecule has 1 atom stereocenters. The van der Waals surface area contributed by atoms with Crippen molar-refractivity contribution in [2.75, 3.05) is 0 Å². The monoisotopic (exact) mass is 342 g/mol. The third kappa shape index (κ3) is 5.09. The van der Waals surface area contributed by atoms with Crippen LogP contribution in [0.5, 0.6) is 0 Å². The molecule has 0 amide bonds. The molecule has 0 aromatic heterocycles. The van der Waals surface area contributed by atoms with Crippen LogP contribution in [-0.4, -0.2) is 11.1 Å². The Morgan fingerprint density at radius 1 is 1.10 bits per heavy atom. The van der Waals surface area contributed by atoms with E-state index in [4.69, 9.17) is 0 Å². The van der Waals surface area contributed by atoms with Gasteiger partial charge < -0.3 is 5.11 Å². The van der Waals surface area contributed by atoms with Crippen LogP contribution in [0.25, 0.3) is 0 Å². The number of rotatable bonds is 4. The van der Waals surface area contributed by atoms with Crippen LogP contribution >= 0.6 is 15.9 Å². The highest BCUT2D eigenvalue weighted by Gasteiger charge is 2.16. The lowest BCUT2D eigenvalue weighted by atomic mass is 9.96. The summed E-state index contributed by atoms with van der Waals surface area (Å²) in [7, 11) is 0. The van der Waals surface area contributed by atoms with E-state index in [0.717, 1.165) is 15.6 Å². The van der Waals surface area contributed by atoms with Gasteiger partial charge in [-0.25, -0.2) is 0 Å². The van der Waals surface area contributed by atoms with Crippen molar-refractivity contribution in [1.82, 2.24) is 0 Å². The number of carboxylic acids is 1. The second-order valence-electron chi connectivity index (χ2n) is 4.74. The van der Waals surface area contributed by atoms with E-state index in [1.54, 1.807) is 0 Å². The predicted octanol–water partition coefficient (Wildman–Crippen LogP) is 4.13. The minimum Gasteiger partial charge on any atom is -0.481 e. The third-order valence-electron chi connectivity index (χ3n) is 3.10. The molecular formula is C18H15BrO2. The fourth-order valence-electron chi connectivity index (χ4n) is 1.95. The van der Waals surface area contributed by atoms with Crippen LogP contribution in [-0.2, 0) is 11.2 Å². The quantitative estimate of drug-likeness (QED) is 0.848. The highest BCUT2D eigenvalue weighted by atomic mass is 79.9. The minimum atomic E-state index is -0.805. The lowest BCUT2D eigenvalue weighted by Crippen LogP contribution is -2.15. The number of aliphatic carboxylic acids is 1. The van der Waals surface area contributed by atoms with E-state index in [9.17, 15) is 9.90 Å². The van der Waals surface area contributed by atoms with Crippen molar-refractivity contribution in [3.8, 4) is 11.8 Å². The van der Waals surface area contributed by atoms with Gasteiger partial charge in [0.15, 0.2) is 0 Å². The topological polar surface area (TPSA) is 37.3 Å². The Morgan fingerprint density at radius 2 is 1.76 bits per heavy atom. The summed E-state index contributed by atoms with van der Waals surface area (Å²) in [6.07, 6.45) is 0.840. The fourth-order valence-corrected chi connectivity index (χ4v) is 2.21. The van der Waals surface area contributed by atoms with Crippen molar-refractivity contribution in [1.29, 1.82) is 0 Å². The van der Waals surface area contributed by atoms with Gasteiger partial charge in [-0.1, -0.05) is 58.1 Å². The second kappa shape index (κ2) is 7.66. The van der Waals surface area contributed by atoms with E-state index < -0.39 is 11.9 Å². The highest BCUT2D eigenvalue weighted by molar-refractivity contribution is 9.10. The normalized spacial score (nSPS) is 11.3. The molecule has 0 aliphatic heterocycles. The smallest absolute Gasteiger partial charge is 0.307 e. The van der Waals surface area contributed by atoms with Gasteiger partial charge in [0.1, 0.15) is 0 Å². The van der Waals surface area contributed by atoms with Gasteiger partial charge in [0.05, 0.1) is 5.92 Å². The second-order valence-corrected chi connectivity index (χ2v) is 5.65. The van der Waals surface area contributed by atoms with Crippen LogP contribution in [0.2, 0.25) is 0 Å². The molecular weight excluding hydrogens is 328 g/mol. The van der Waals surface area contributed by atoms with Gasteiger partial charge in [-0.3, -0.25) is 4.79 Å². The van der Waals surface area contributed by atoms with Crippen LogP contribution in [0.4, 0.5) is 0 Å². The van der Waals surface area contributed by atoms with E-state index in [1.807, 2.05) is 54.6 Å². The van der Waals surface area contributed by atoms with E-state index in [-0.39, 0.29) is 0 Å². The Bertz CT molecular complexity index is 651. The van der Waals surface area contributed by atoms with Crippen LogP contribution in [0.15, 0.2) is 59.1 Å². The summed E-state index contributed by atoms with van der Waals surface area (Å²) in [5.41, 5.74) is 1.91. The minimum absolute atomic E-state index is 0.348. The largest absolute Gasteiger partial charge is 0.481 e. The standard InChI is InChI=1S/C18H15BrO2/c19-17-11-9-15(10-12-17)13-16(18(20)21)8-4-7-14-5-2-1-3-6-14/h1-3,5-6,9-12,16H,8,13H2,(H,20,21). The Morgan fingerprint density at radius 3 is 2.38 bits per heavy atom. The maximum Gasteiger partial charge on any atom is 0.307 e. The molecule has 0 spiro atoms. The summed E-state index contributed by atoms with van der Waals surface area (Å²) in [6, 6.07) is 17.3. The van der Waals surface area contributed by atoms with Crippen LogP contribution in [0.3, 0.4) is 0 Å². The SMILES string of the molecule is O=C(O)C(CC#Cc1ccccc1)Cc1ccc(Br)cc1. The van der Waals surface area contributed by atoms with Crippen LogP contribution in [0.1, 0.15) is 17.5 Å². The van der Waals surface area contributed by atoms with Crippen molar-refractivity contribution < 1.29 is 9.90 Å². The molecule has 0 radical (unpaired) electrons. The molecule has 0 aliphatic rings. The van der Waals surface area contributed by atoms with Gasteiger partial charge in [0, 0.05) is 16.5 Å². The molecule has 0 saturated heterocycles. The van der Waals surface area contributed by atoms with Gasteiger partial charge in [-0.15, -0.1) is 0 Å². The number of benzene rings is 2. The molecule has 2 nitrogen and oxygen atoms in total. The van der Waals surface area contributed by atoms with Crippen LogP contribution < -0.4 is 0 Å². The molecule has 0 fully saturated rings. The first-order chi connectivity index (χ1) is 10.1. The van der Waals surface area contributed by atoms with Crippen LogP contribution in [0, 0.1) is 17.8 Å². The van der Waals surface area contributed by atoms with E-state index in [0.29, 0.717) is 12.8 Å². The number of halogens is 1. The lowest BCUT2D eigenvalue weighted by molar-refractivity contribution is -0.141. The van der Waals surface area contributed by atoms with Gasteiger partial charge in [0.25, 0.3) is 0 Å². The van der Waals surface area contributed by atoms with E-state index in [1.165, 1.54) is 0 Å². The first-order valence-corrected chi connectivity index (χ1v) is 7.45.